The lowest BCUT2D eigenvalue weighted by atomic mass is 9.33. The first-order chi connectivity index (χ1) is 54.8. The summed E-state index contributed by atoms with van der Waals surface area (Å²) < 4.78 is 20.0. The van der Waals surface area contributed by atoms with Crippen LogP contribution in [-0.4, -0.2) is 22.6 Å². The van der Waals surface area contributed by atoms with Crippen LogP contribution in [0.3, 0.4) is 0 Å². The summed E-state index contributed by atoms with van der Waals surface area (Å²) in [6.07, 6.45) is 0. The number of ether oxygens (including phenoxy) is 2. The van der Waals surface area contributed by atoms with Crippen molar-refractivity contribution >= 4 is 124 Å². The smallest absolute Gasteiger partial charge is 0.260 e. The Hall–Kier alpha value is -13.6. The first-order valence-electron chi connectivity index (χ1n) is 39.2. The van der Waals surface area contributed by atoms with Crippen molar-refractivity contribution in [3.05, 3.63) is 363 Å². The summed E-state index contributed by atoms with van der Waals surface area (Å²) in [6, 6.07) is 131. The number of hydrogen-bond donors (Lipinski definition) is 0. The molecular weight excluding hydrogens is 1360 g/mol. The molecule has 8 heteroatoms. The lowest BCUT2D eigenvalue weighted by Crippen LogP contribution is -2.61. The molecule has 0 saturated heterocycles. The molecule has 0 aliphatic carbocycles. The second kappa shape index (κ2) is 25.0. The van der Waals surface area contributed by atoms with Gasteiger partial charge in [-0.05, 0) is 203 Å². The van der Waals surface area contributed by atoms with Crippen molar-refractivity contribution in [1.82, 2.24) is 9.13 Å². The summed E-state index contributed by atoms with van der Waals surface area (Å²) in [7, 11) is 0. The molecule has 0 fully saturated rings. The summed E-state index contributed by atoms with van der Waals surface area (Å²) in [4.78, 5) is 5.29. The maximum Gasteiger partial charge on any atom is 0.260 e. The van der Waals surface area contributed by atoms with E-state index in [0.29, 0.717) is 0 Å². The molecule has 0 unspecified atom stereocenters. The van der Waals surface area contributed by atoms with E-state index in [9.17, 15) is 0 Å². The van der Waals surface area contributed by atoms with Crippen LogP contribution in [0.25, 0.3) is 111 Å². The van der Waals surface area contributed by atoms with Gasteiger partial charge in [0.25, 0.3) is 13.4 Å². The third-order valence-corrected chi connectivity index (χ3v) is 24.1. The average molecular weight is 1440 g/mol. The van der Waals surface area contributed by atoms with Crippen molar-refractivity contribution < 1.29 is 9.47 Å². The van der Waals surface area contributed by atoms with E-state index < -0.39 is 0 Å². The fourth-order valence-electron chi connectivity index (χ4n) is 18.7. The van der Waals surface area contributed by atoms with Crippen LogP contribution in [-0.2, 0) is 10.8 Å². The van der Waals surface area contributed by atoms with Gasteiger partial charge in [0.1, 0.15) is 23.0 Å². The van der Waals surface area contributed by atoms with Gasteiger partial charge in [-0.25, -0.2) is 0 Å². The van der Waals surface area contributed by atoms with E-state index in [-0.39, 0.29) is 24.3 Å². The monoisotopic (exact) mass is 1430 g/mol. The fourth-order valence-corrected chi connectivity index (χ4v) is 18.7. The van der Waals surface area contributed by atoms with Crippen molar-refractivity contribution in [2.75, 3.05) is 9.80 Å². The van der Waals surface area contributed by atoms with Gasteiger partial charge in [-0.3, -0.25) is 0 Å². The number of anilines is 6. The Bertz CT molecular complexity index is 6530. The highest BCUT2D eigenvalue weighted by atomic mass is 16.5. The lowest BCUT2D eigenvalue weighted by Gasteiger charge is -2.45. The first kappa shape index (κ1) is 65.5. The van der Waals surface area contributed by atoms with Crippen molar-refractivity contribution in [3.8, 4) is 90.0 Å². The van der Waals surface area contributed by atoms with Crippen LogP contribution in [0.1, 0.15) is 52.7 Å². The van der Waals surface area contributed by atoms with Gasteiger partial charge >= 0.3 is 0 Å². The Kier molecular flexibility index (Phi) is 14.6. The SMILES string of the molecule is CC(C)(C)c1ccc(N2c3cc(-n4c5ccccc5c5ccccc54)ccc3B3c4ccc(-n5c6ccccc6c6ccccc65)cc4N(c4ccc(C(C)(C)C)cc4-c4ccccc4)c4cc(-c5cc6c7c(c5)Oc5ccc(-c8ccccc8)cc5B7c5ccc(-c7ccccc7)cc5O6)cc2c43)c(-c2ccccc2)c1. The average Bonchev–Trinajstić information content (AvgIpc) is 1.10. The maximum absolute atomic E-state index is 7.57. The number of para-hydroxylation sites is 4. The highest BCUT2D eigenvalue weighted by Crippen LogP contribution is 2.53. The molecule has 6 nitrogen and oxygen atoms in total. The molecule has 0 spiro atoms. The minimum absolute atomic E-state index is 0.165. The summed E-state index contributed by atoms with van der Waals surface area (Å²) in [5.41, 5.74) is 33.3. The highest BCUT2D eigenvalue weighted by molar-refractivity contribution is 7.00. The number of aromatic nitrogens is 2. The molecule has 0 atom stereocenters. The van der Waals surface area contributed by atoms with E-state index in [1.54, 1.807) is 0 Å². The molecule has 18 aromatic rings. The van der Waals surface area contributed by atoms with E-state index in [4.69, 9.17) is 9.47 Å². The standard InChI is InChI=1S/C104H76B2N4O2/c1-103(2,3)73-45-52-91(81(61-73)67-31-15-9-16-32-67)109-93-63-75(107-87-39-23-19-35-77(87)78-36-20-24-40-88(78)107)47-50-83(93)105-84-51-48-76(108-89-41-25-21-37-79(89)80-38-22-26-42-90(80)108)64-94(84)110(92-53-46-74(104(4,5)6)62-82(92)68-33-17-10-18-34-68)96-57-71(56-95(109)101(96)105)72-59-99-102-100(60-72)112-98-58-70(66-29-13-8-14-30-66)43-49-85(98)106(102)86-55-69(44-54-97(86)111-99)65-27-11-7-12-28-65/h7-64H,1-6H3. The zero-order valence-corrected chi connectivity index (χ0v) is 63.2. The Morgan fingerprint density at radius 2 is 0.598 bits per heavy atom. The third-order valence-electron chi connectivity index (χ3n) is 24.1. The van der Waals surface area contributed by atoms with Gasteiger partial charge in [0, 0.05) is 72.3 Å². The molecule has 0 bridgehead atoms. The topological polar surface area (TPSA) is 34.8 Å². The quantitative estimate of drug-likeness (QED) is 0.135. The number of benzene rings is 16. The normalized spacial score (nSPS) is 13.2. The molecular formula is C104H76B2N4O2. The Balaban J connectivity index is 0.870. The Labute approximate surface area is 653 Å². The van der Waals surface area contributed by atoms with Crippen molar-refractivity contribution in [2.45, 2.75) is 52.4 Å². The van der Waals surface area contributed by atoms with Gasteiger partial charge in [-0.2, -0.15) is 0 Å². The van der Waals surface area contributed by atoms with E-state index in [1.807, 2.05) is 0 Å². The van der Waals surface area contributed by atoms with Gasteiger partial charge in [-0.1, -0.05) is 284 Å². The molecule has 2 aromatic heterocycles. The van der Waals surface area contributed by atoms with E-state index in [1.165, 1.54) is 49.1 Å². The molecule has 0 saturated carbocycles. The van der Waals surface area contributed by atoms with Crippen LogP contribution < -0.4 is 52.1 Å². The molecule has 530 valence electrons. The first-order valence-corrected chi connectivity index (χ1v) is 39.2. The van der Waals surface area contributed by atoms with E-state index in [2.05, 4.69) is 412 Å². The molecule has 0 radical (unpaired) electrons. The highest BCUT2D eigenvalue weighted by Gasteiger charge is 2.47. The van der Waals surface area contributed by atoms with Gasteiger partial charge in [-0.15, -0.1) is 0 Å². The number of fused-ring (bicyclic) bond motifs is 14. The largest absolute Gasteiger partial charge is 0.458 e. The predicted molar refractivity (Wildman–Crippen MR) is 471 cm³/mol. The van der Waals surface area contributed by atoms with Crippen LogP contribution in [0, 0.1) is 0 Å². The Morgan fingerprint density at radius 1 is 0.232 bits per heavy atom. The minimum Gasteiger partial charge on any atom is -0.458 e. The summed E-state index contributed by atoms with van der Waals surface area (Å²) in [6.45, 7) is 13.5. The molecule has 0 amide bonds. The van der Waals surface area contributed by atoms with Gasteiger partial charge < -0.3 is 28.4 Å². The maximum atomic E-state index is 7.57. The van der Waals surface area contributed by atoms with Crippen molar-refractivity contribution in [1.29, 1.82) is 0 Å². The third kappa shape index (κ3) is 10.3. The molecule has 22 rings (SSSR count). The van der Waals surface area contributed by atoms with Crippen LogP contribution in [0.4, 0.5) is 34.1 Å². The zero-order chi connectivity index (χ0) is 74.8. The van der Waals surface area contributed by atoms with Crippen LogP contribution in [0.2, 0.25) is 0 Å². The van der Waals surface area contributed by atoms with E-state index in [0.717, 1.165) is 163 Å². The second-order valence-corrected chi connectivity index (χ2v) is 32.7. The van der Waals surface area contributed by atoms with Gasteiger partial charge in [0.2, 0.25) is 0 Å². The van der Waals surface area contributed by atoms with Gasteiger partial charge in [0.05, 0.1) is 33.4 Å². The molecule has 112 heavy (non-hydrogen) atoms. The lowest BCUT2D eigenvalue weighted by molar-refractivity contribution is 0.465. The molecule has 16 aromatic carbocycles. The zero-order valence-electron chi connectivity index (χ0n) is 63.2. The predicted octanol–water partition coefficient (Wildman–Crippen LogP) is 23.6. The van der Waals surface area contributed by atoms with Crippen molar-refractivity contribution in [3.63, 3.8) is 0 Å². The summed E-state index contributed by atoms with van der Waals surface area (Å²) >= 11 is 0. The number of rotatable bonds is 9. The minimum atomic E-state index is -0.274. The number of nitrogens with zero attached hydrogens (tertiary/aromatic N) is 4. The Morgan fingerprint density at radius 3 is 1.04 bits per heavy atom. The van der Waals surface area contributed by atoms with Crippen LogP contribution in [0.15, 0.2) is 352 Å². The molecule has 6 heterocycles. The number of hydrogen-bond acceptors (Lipinski definition) is 4. The summed E-state index contributed by atoms with van der Waals surface area (Å²) in [5, 5.41) is 4.86. The van der Waals surface area contributed by atoms with Crippen LogP contribution >= 0.6 is 0 Å². The second-order valence-electron chi connectivity index (χ2n) is 32.7. The van der Waals surface area contributed by atoms with Crippen molar-refractivity contribution in [2.24, 2.45) is 0 Å². The van der Waals surface area contributed by atoms with Gasteiger partial charge in [0.15, 0.2) is 0 Å². The van der Waals surface area contributed by atoms with Crippen LogP contribution in [0.5, 0.6) is 23.0 Å². The molecule has 4 aliphatic heterocycles. The van der Waals surface area contributed by atoms with E-state index >= 15 is 0 Å². The molecule has 4 aliphatic rings. The fraction of sp³-hybridized carbons (Fsp3) is 0.0769. The molecule has 0 N–H and O–H groups in total. The summed E-state index contributed by atoms with van der Waals surface area (Å²) in [5.74, 6) is 3.18.